The Labute approximate surface area is 121 Å². The van der Waals surface area contributed by atoms with E-state index in [2.05, 4.69) is 26.2 Å². The Kier molecular flexibility index (Phi) is 4.32. The van der Waals surface area contributed by atoms with Crippen LogP contribution in [0.2, 0.25) is 0 Å². The molecule has 0 spiro atoms. The van der Waals surface area contributed by atoms with Crippen LogP contribution >= 0.6 is 15.9 Å². The molecule has 3 nitrogen and oxygen atoms in total. The standard InChI is InChI=1S/C15H15BrN2O/c1-3-11-6-4-5-7-12(11)15(19)18-13-8-9-14(16)17-10(13)2/h4-9H,3H2,1-2H3,(H,18,19). The summed E-state index contributed by atoms with van der Waals surface area (Å²) in [6.45, 7) is 3.91. The number of rotatable bonds is 3. The Bertz CT molecular complexity index is 611. The number of hydrogen-bond acceptors (Lipinski definition) is 2. The van der Waals surface area contributed by atoms with Crippen molar-refractivity contribution in [2.75, 3.05) is 5.32 Å². The molecule has 0 unspecified atom stereocenters. The lowest BCUT2D eigenvalue weighted by molar-refractivity contribution is 0.102. The summed E-state index contributed by atoms with van der Waals surface area (Å²) >= 11 is 3.31. The Morgan fingerprint density at radius 3 is 2.68 bits per heavy atom. The monoisotopic (exact) mass is 318 g/mol. The van der Waals surface area contributed by atoms with Gasteiger partial charge < -0.3 is 5.32 Å². The van der Waals surface area contributed by atoms with E-state index in [0.717, 1.165) is 28.0 Å². The molecule has 98 valence electrons. The fraction of sp³-hybridized carbons (Fsp3) is 0.200. The minimum atomic E-state index is -0.0929. The first-order chi connectivity index (χ1) is 9.11. The number of carbonyl (C=O) groups is 1. The highest BCUT2D eigenvalue weighted by Crippen LogP contribution is 2.18. The van der Waals surface area contributed by atoms with Gasteiger partial charge in [-0.2, -0.15) is 0 Å². The second-order valence-electron chi connectivity index (χ2n) is 4.23. The van der Waals surface area contributed by atoms with Crippen molar-refractivity contribution in [2.45, 2.75) is 20.3 Å². The number of amides is 1. The minimum Gasteiger partial charge on any atom is -0.320 e. The number of halogens is 1. The first-order valence-electron chi connectivity index (χ1n) is 6.14. The lowest BCUT2D eigenvalue weighted by Crippen LogP contribution is -2.15. The Hall–Kier alpha value is -1.68. The van der Waals surface area contributed by atoms with Gasteiger partial charge in [0, 0.05) is 5.56 Å². The average Bonchev–Trinajstić information content (AvgIpc) is 2.41. The maximum Gasteiger partial charge on any atom is 0.255 e. The second-order valence-corrected chi connectivity index (χ2v) is 5.04. The molecule has 1 N–H and O–H groups in total. The van der Waals surface area contributed by atoms with Crippen LogP contribution in [0.3, 0.4) is 0 Å². The van der Waals surface area contributed by atoms with Gasteiger partial charge in [0.05, 0.1) is 11.4 Å². The zero-order chi connectivity index (χ0) is 13.8. The van der Waals surface area contributed by atoms with E-state index in [4.69, 9.17) is 0 Å². The Morgan fingerprint density at radius 1 is 1.26 bits per heavy atom. The maximum atomic E-state index is 12.3. The molecule has 0 aliphatic heterocycles. The van der Waals surface area contributed by atoms with E-state index in [0.29, 0.717) is 5.56 Å². The second kappa shape index (κ2) is 5.97. The van der Waals surface area contributed by atoms with Crippen molar-refractivity contribution in [3.05, 3.63) is 57.8 Å². The summed E-state index contributed by atoms with van der Waals surface area (Å²) < 4.78 is 0.761. The largest absolute Gasteiger partial charge is 0.320 e. The normalized spacial score (nSPS) is 10.3. The van der Waals surface area contributed by atoms with E-state index >= 15 is 0 Å². The molecule has 2 aromatic rings. The van der Waals surface area contributed by atoms with Crippen LogP contribution in [0.4, 0.5) is 5.69 Å². The number of hydrogen-bond donors (Lipinski definition) is 1. The van der Waals surface area contributed by atoms with Gasteiger partial charge in [-0.05, 0) is 53.0 Å². The summed E-state index contributed by atoms with van der Waals surface area (Å²) in [6.07, 6.45) is 0.834. The number of nitrogens with zero attached hydrogens (tertiary/aromatic N) is 1. The van der Waals surface area contributed by atoms with Crippen LogP contribution in [0.5, 0.6) is 0 Å². The molecule has 1 heterocycles. The molecule has 19 heavy (non-hydrogen) atoms. The number of anilines is 1. The van der Waals surface area contributed by atoms with Crippen molar-refractivity contribution < 1.29 is 4.79 Å². The molecule has 0 atom stereocenters. The van der Waals surface area contributed by atoms with Crippen LogP contribution in [-0.2, 0) is 6.42 Å². The fourth-order valence-corrected chi connectivity index (χ4v) is 2.30. The van der Waals surface area contributed by atoms with Gasteiger partial charge in [0.2, 0.25) is 0 Å². The number of nitrogens with one attached hydrogen (secondary N) is 1. The molecular formula is C15H15BrN2O. The number of benzene rings is 1. The van der Waals surface area contributed by atoms with Gasteiger partial charge in [-0.15, -0.1) is 0 Å². The molecule has 2 rings (SSSR count). The van der Waals surface area contributed by atoms with Gasteiger partial charge in [0.25, 0.3) is 5.91 Å². The van der Waals surface area contributed by atoms with Crippen LogP contribution in [0, 0.1) is 6.92 Å². The molecule has 1 amide bonds. The molecule has 0 fully saturated rings. The number of aryl methyl sites for hydroxylation is 2. The molecule has 1 aromatic carbocycles. The third kappa shape index (κ3) is 3.20. The van der Waals surface area contributed by atoms with Gasteiger partial charge >= 0.3 is 0 Å². The summed E-state index contributed by atoms with van der Waals surface area (Å²) in [6, 6.07) is 11.3. The molecule has 0 aliphatic rings. The molecule has 0 radical (unpaired) electrons. The molecule has 0 bridgehead atoms. The smallest absolute Gasteiger partial charge is 0.255 e. The predicted molar refractivity (Wildman–Crippen MR) is 80.4 cm³/mol. The van der Waals surface area contributed by atoms with Gasteiger partial charge in [0.15, 0.2) is 0 Å². The van der Waals surface area contributed by atoms with E-state index in [1.807, 2.05) is 50.2 Å². The zero-order valence-electron chi connectivity index (χ0n) is 10.9. The Balaban J connectivity index is 2.26. The molecule has 0 aliphatic carbocycles. The zero-order valence-corrected chi connectivity index (χ0v) is 12.5. The van der Waals surface area contributed by atoms with Crippen molar-refractivity contribution >= 4 is 27.5 Å². The van der Waals surface area contributed by atoms with Crippen LogP contribution in [0.25, 0.3) is 0 Å². The highest BCUT2D eigenvalue weighted by atomic mass is 79.9. The van der Waals surface area contributed by atoms with Crippen molar-refractivity contribution in [3.8, 4) is 0 Å². The van der Waals surface area contributed by atoms with Gasteiger partial charge in [-0.25, -0.2) is 4.98 Å². The lowest BCUT2D eigenvalue weighted by atomic mass is 10.0. The predicted octanol–water partition coefficient (Wildman–Crippen LogP) is 3.97. The molecular weight excluding hydrogens is 304 g/mol. The first kappa shape index (κ1) is 13.7. The van der Waals surface area contributed by atoms with E-state index in [-0.39, 0.29) is 5.91 Å². The van der Waals surface area contributed by atoms with E-state index < -0.39 is 0 Å². The summed E-state index contributed by atoms with van der Waals surface area (Å²) in [5.74, 6) is -0.0929. The van der Waals surface area contributed by atoms with Crippen LogP contribution < -0.4 is 5.32 Å². The lowest BCUT2D eigenvalue weighted by Gasteiger charge is -2.10. The summed E-state index contributed by atoms with van der Waals surface area (Å²) in [5, 5.41) is 2.91. The molecule has 0 saturated heterocycles. The van der Waals surface area contributed by atoms with E-state index in [9.17, 15) is 4.79 Å². The van der Waals surface area contributed by atoms with E-state index in [1.165, 1.54) is 0 Å². The number of pyridine rings is 1. The fourth-order valence-electron chi connectivity index (χ4n) is 1.90. The van der Waals surface area contributed by atoms with Crippen LogP contribution in [0.1, 0.15) is 28.5 Å². The highest BCUT2D eigenvalue weighted by Gasteiger charge is 2.11. The highest BCUT2D eigenvalue weighted by molar-refractivity contribution is 9.10. The minimum absolute atomic E-state index is 0.0929. The van der Waals surface area contributed by atoms with Crippen molar-refractivity contribution in [1.82, 2.24) is 4.98 Å². The third-order valence-corrected chi connectivity index (χ3v) is 3.38. The van der Waals surface area contributed by atoms with Crippen molar-refractivity contribution in [3.63, 3.8) is 0 Å². The van der Waals surface area contributed by atoms with Gasteiger partial charge in [0.1, 0.15) is 4.60 Å². The van der Waals surface area contributed by atoms with E-state index in [1.54, 1.807) is 0 Å². The molecule has 0 saturated carbocycles. The number of aromatic nitrogens is 1. The SMILES string of the molecule is CCc1ccccc1C(=O)Nc1ccc(Br)nc1C. The van der Waals surface area contributed by atoms with Crippen molar-refractivity contribution in [2.24, 2.45) is 0 Å². The van der Waals surface area contributed by atoms with Gasteiger partial charge in [-0.3, -0.25) is 4.79 Å². The quantitative estimate of drug-likeness (QED) is 0.870. The third-order valence-electron chi connectivity index (χ3n) is 2.94. The Morgan fingerprint density at radius 2 is 2.00 bits per heavy atom. The molecule has 1 aromatic heterocycles. The summed E-state index contributed by atoms with van der Waals surface area (Å²) in [7, 11) is 0. The summed E-state index contributed by atoms with van der Waals surface area (Å²) in [5.41, 5.74) is 3.28. The topological polar surface area (TPSA) is 42.0 Å². The molecule has 4 heteroatoms. The summed E-state index contributed by atoms with van der Waals surface area (Å²) in [4.78, 5) is 16.5. The first-order valence-corrected chi connectivity index (χ1v) is 6.93. The van der Waals surface area contributed by atoms with Crippen molar-refractivity contribution in [1.29, 1.82) is 0 Å². The maximum absolute atomic E-state index is 12.3. The average molecular weight is 319 g/mol. The van der Waals surface area contributed by atoms with Crippen LogP contribution in [0.15, 0.2) is 41.0 Å². The van der Waals surface area contributed by atoms with Crippen LogP contribution in [-0.4, -0.2) is 10.9 Å². The van der Waals surface area contributed by atoms with Gasteiger partial charge in [-0.1, -0.05) is 25.1 Å². The number of carbonyl (C=O) groups excluding carboxylic acids is 1.